The Morgan fingerprint density at radius 3 is 2.92 bits per heavy atom. The van der Waals surface area contributed by atoms with Crippen LogP contribution >= 0.6 is 12.4 Å². The summed E-state index contributed by atoms with van der Waals surface area (Å²) in [5.41, 5.74) is 0. The summed E-state index contributed by atoms with van der Waals surface area (Å²) in [6.45, 7) is 2.78. The minimum Gasteiger partial charge on any atom is -0.312 e. The van der Waals surface area contributed by atoms with Gasteiger partial charge in [-0.2, -0.15) is 0 Å². The molecule has 12 heavy (non-hydrogen) atoms. The van der Waals surface area contributed by atoms with E-state index in [0.29, 0.717) is 12.0 Å². The molecule has 2 unspecified atom stereocenters. The number of nitrogens with zero attached hydrogens (tertiary/aromatic N) is 2. The molecule has 70 valence electrons. The van der Waals surface area contributed by atoms with Crippen LogP contribution in [0.15, 0.2) is 5.29 Å². The lowest BCUT2D eigenvalue weighted by Gasteiger charge is -2.24. The van der Waals surface area contributed by atoms with Gasteiger partial charge in [-0.1, -0.05) is 0 Å². The maximum Gasteiger partial charge on any atom is 0.0549 e. The number of hydrogen-bond acceptors (Lipinski definition) is 3. The number of nitrogens with one attached hydrogen (secondary N) is 1. The molecule has 2 aliphatic heterocycles. The van der Waals surface area contributed by atoms with Gasteiger partial charge in [0.2, 0.25) is 0 Å². The summed E-state index contributed by atoms with van der Waals surface area (Å²) in [6, 6.07) is 0.529. The molecule has 2 fully saturated rings. The maximum absolute atomic E-state index is 10.2. The van der Waals surface area contributed by atoms with E-state index in [-0.39, 0.29) is 12.4 Å². The lowest BCUT2D eigenvalue weighted by molar-refractivity contribution is 0.329. The second-order valence-corrected chi connectivity index (χ2v) is 3.42. The zero-order valence-corrected chi connectivity index (χ0v) is 7.72. The summed E-state index contributed by atoms with van der Waals surface area (Å²) in [5.74, 6) is 0.668. The summed E-state index contributed by atoms with van der Waals surface area (Å²) < 4.78 is 0. The van der Waals surface area contributed by atoms with Gasteiger partial charge in [0.25, 0.3) is 0 Å². The smallest absolute Gasteiger partial charge is 0.0549 e. The third kappa shape index (κ3) is 1.69. The number of piperidine rings is 1. The van der Waals surface area contributed by atoms with Gasteiger partial charge in [0, 0.05) is 12.6 Å². The van der Waals surface area contributed by atoms with E-state index in [1.165, 1.54) is 12.8 Å². The van der Waals surface area contributed by atoms with Crippen molar-refractivity contribution in [2.24, 2.45) is 11.2 Å². The van der Waals surface area contributed by atoms with Gasteiger partial charge in [-0.15, -0.1) is 17.3 Å². The zero-order chi connectivity index (χ0) is 7.68. The molecule has 2 aliphatic rings. The van der Waals surface area contributed by atoms with Gasteiger partial charge in [-0.05, 0) is 25.3 Å². The highest BCUT2D eigenvalue weighted by molar-refractivity contribution is 5.85. The van der Waals surface area contributed by atoms with E-state index in [4.69, 9.17) is 0 Å². The number of fused-ring (bicyclic) bond motifs is 1. The Balaban J connectivity index is 0.000000720. The van der Waals surface area contributed by atoms with Gasteiger partial charge in [-0.3, -0.25) is 5.01 Å². The van der Waals surface area contributed by atoms with Gasteiger partial charge in [0.05, 0.1) is 11.8 Å². The Bertz CT molecular complexity index is 153. The second-order valence-electron chi connectivity index (χ2n) is 3.42. The topological polar surface area (TPSA) is 44.7 Å². The molecule has 2 rings (SSSR count). The summed E-state index contributed by atoms with van der Waals surface area (Å²) in [5, 5.41) is 7.99. The normalized spacial score (nSPS) is 33.8. The summed E-state index contributed by atoms with van der Waals surface area (Å²) in [4.78, 5) is 10.2. The fraction of sp³-hybridized carbons (Fsp3) is 1.00. The molecule has 4 nitrogen and oxygen atoms in total. The van der Waals surface area contributed by atoms with Crippen molar-refractivity contribution in [3.63, 3.8) is 0 Å². The minimum atomic E-state index is 0. The lowest BCUT2D eigenvalue weighted by atomic mass is 9.94. The molecule has 0 amide bonds. The van der Waals surface area contributed by atoms with Crippen LogP contribution in [0.2, 0.25) is 0 Å². The van der Waals surface area contributed by atoms with E-state index in [0.717, 1.165) is 19.6 Å². The standard InChI is InChI=1S/C7H13N3O.ClH/c11-9-10-4-6-2-1-3-8-7(6)5-10;/h6-8H,1-5H2;1H. The molecule has 0 aliphatic carbocycles. The van der Waals surface area contributed by atoms with Crippen LogP contribution in [0.1, 0.15) is 12.8 Å². The average molecular weight is 192 g/mol. The quantitative estimate of drug-likeness (QED) is 0.623. The van der Waals surface area contributed by atoms with Crippen LogP contribution in [-0.4, -0.2) is 30.7 Å². The molecule has 0 saturated carbocycles. The van der Waals surface area contributed by atoms with Crippen molar-refractivity contribution < 1.29 is 0 Å². The van der Waals surface area contributed by atoms with Crippen molar-refractivity contribution in [3.05, 3.63) is 4.91 Å². The molecule has 0 aromatic heterocycles. The van der Waals surface area contributed by atoms with Crippen molar-refractivity contribution in [3.8, 4) is 0 Å². The molecule has 5 heteroatoms. The first-order chi connectivity index (χ1) is 5.40. The van der Waals surface area contributed by atoms with Gasteiger partial charge >= 0.3 is 0 Å². The first-order valence-electron chi connectivity index (χ1n) is 4.22. The molecule has 0 radical (unpaired) electrons. The SMILES string of the molecule is Cl.O=NN1CC2CCCNC2C1. The fourth-order valence-electron chi connectivity index (χ4n) is 2.09. The highest BCUT2D eigenvalue weighted by Gasteiger charge is 2.34. The van der Waals surface area contributed by atoms with Crippen LogP contribution in [-0.2, 0) is 0 Å². The van der Waals surface area contributed by atoms with E-state index >= 15 is 0 Å². The maximum atomic E-state index is 10.2. The predicted molar refractivity (Wildman–Crippen MR) is 49.1 cm³/mol. The van der Waals surface area contributed by atoms with E-state index in [1.54, 1.807) is 5.01 Å². The Kier molecular flexibility index (Phi) is 3.29. The van der Waals surface area contributed by atoms with E-state index < -0.39 is 0 Å². The molecule has 2 heterocycles. The molecule has 2 atom stereocenters. The first kappa shape index (κ1) is 9.74. The highest BCUT2D eigenvalue weighted by Crippen LogP contribution is 2.24. The fourth-order valence-corrected chi connectivity index (χ4v) is 2.09. The van der Waals surface area contributed by atoms with Crippen LogP contribution in [0.25, 0.3) is 0 Å². The molecule has 1 N–H and O–H groups in total. The van der Waals surface area contributed by atoms with Crippen molar-refractivity contribution in [2.45, 2.75) is 18.9 Å². The van der Waals surface area contributed by atoms with Crippen molar-refractivity contribution in [1.29, 1.82) is 0 Å². The van der Waals surface area contributed by atoms with Crippen LogP contribution in [0.3, 0.4) is 0 Å². The van der Waals surface area contributed by atoms with Gasteiger partial charge < -0.3 is 5.32 Å². The molecular weight excluding hydrogens is 178 g/mol. The van der Waals surface area contributed by atoms with Crippen LogP contribution < -0.4 is 5.32 Å². The molecule has 0 aromatic rings. The molecule has 0 aromatic carbocycles. The van der Waals surface area contributed by atoms with Crippen molar-refractivity contribution in [1.82, 2.24) is 10.3 Å². The van der Waals surface area contributed by atoms with E-state index in [1.807, 2.05) is 0 Å². The third-order valence-electron chi connectivity index (χ3n) is 2.70. The minimum absolute atomic E-state index is 0. The molecule has 0 bridgehead atoms. The van der Waals surface area contributed by atoms with Gasteiger partial charge in [-0.25, -0.2) is 0 Å². The van der Waals surface area contributed by atoms with Crippen molar-refractivity contribution in [2.75, 3.05) is 19.6 Å². The number of rotatable bonds is 1. The number of halogens is 1. The summed E-state index contributed by atoms with van der Waals surface area (Å²) in [7, 11) is 0. The van der Waals surface area contributed by atoms with Gasteiger partial charge in [0.1, 0.15) is 0 Å². The van der Waals surface area contributed by atoms with Crippen LogP contribution in [0, 0.1) is 10.8 Å². The number of nitroso groups, excluding NO2 is 1. The Morgan fingerprint density at radius 1 is 1.42 bits per heavy atom. The van der Waals surface area contributed by atoms with Crippen LogP contribution in [0.4, 0.5) is 0 Å². The lowest BCUT2D eigenvalue weighted by Crippen LogP contribution is -2.40. The number of hydrogen-bond donors (Lipinski definition) is 1. The van der Waals surface area contributed by atoms with Crippen LogP contribution in [0.5, 0.6) is 0 Å². The second kappa shape index (κ2) is 4.05. The van der Waals surface area contributed by atoms with E-state index in [2.05, 4.69) is 10.6 Å². The third-order valence-corrected chi connectivity index (χ3v) is 2.70. The summed E-state index contributed by atoms with van der Waals surface area (Å²) >= 11 is 0. The molecular formula is C7H14ClN3O. The summed E-state index contributed by atoms with van der Waals surface area (Å²) in [6.07, 6.45) is 2.50. The molecule has 0 spiro atoms. The molecule has 2 saturated heterocycles. The average Bonchev–Trinajstić information content (AvgIpc) is 2.46. The monoisotopic (exact) mass is 191 g/mol. The first-order valence-corrected chi connectivity index (χ1v) is 4.22. The Hall–Kier alpha value is -0.350. The largest absolute Gasteiger partial charge is 0.312 e. The van der Waals surface area contributed by atoms with Gasteiger partial charge in [0.15, 0.2) is 0 Å². The Morgan fingerprint density at radius 2 is 2.25 bits per heavy atom. The highest BCUT2D eigenvalue weighted by atomic mass is 35.5. The Labute approximate surface area is 78.0 Å². The predicted octanol–water partition coefficient (Wildman–Crippen LogP) is 0.773. The van der Waals surface area contributed by atoms with Crippen molar-refractivity contribution >= 4 is 12.4 Å². The zero-order valence-electron chi connectivity index (χ0n) is 6.90. The van der Waals surface area contributed by atoms with E-state index in [9.17, 15) is 4.91 Å².